The molecule has 0 amide bonds. The first-order chi connectivity index (χ1) is 11.8. The normalized spacial score (nSPS) is 11.0. The summed E-state index contributed by atoms with van der Waals surface area (Å²) in [5.74, 6) is 0.272. The maximum Gasteiger partial charge on any atom is 0.345 e. The van der Waals surface area contributed by atoms with Crippen molar-refractivity contribution in [1.29, 1.82) is 0 Å². The van der Waals surface area contributed by atoms with Gasteiger partial charge < -0.3 is 9.47 Å². The van der Waals surface area contributed by atoms with Gasteiger partial charge in [-0.15, -0.1) is 0 Å². The van der Waals surface area contributed by atoms with Gasteiger partial charge in [-0.3, -0.25) is 0 Å². The highest BCUT2D eigenvalue weighted by Gasteiger charge is 2.26. The Labute approximate surface area is 153 Å². The molecule has 1 aromatic heterocycles. The maximum absolute atomic E-state index is 12.5. The summed E-state index contributed by atoms with van der Waals surface area (Å²) in [7, 11) is 0. The van der Waals surface area contributed by atoms with E-state index in [0.29, 0.717) is 22.1 Å². The second-order valence-corrected chi connectivity index (χ2v) is 6.60. The van der Waals surface area contributed by atoms with Gasteiger partial charge in [-0.1, -0.05) is 25.4 Å². The van der Waals surface area contributed by atoms with Crippen LogP contribution in [0.4, 0.5) is 0 Å². The van der Waals surface area contributed by atoms with Crippen molar-refractivity contribution in [2.75, 3.05) is 6.61 Å². The minimum absolute atomic E-state index is 0.00275. The van der Waals surface area contributed by atoms with Crippen LogP contribution in [-0.4, -0.2) is 28.6 Å². The molecule has 2 rings (SSSR count). The lowest BCUT2D eigenvalue weighted by molar-refractivity contribution is 0.0516. The summed E-state index contributed by atoms with van der Waals surface area (Å²) < 4.78 is 11.0. The molecule has 0 spiro atoms. The van der Waals surface area contributed by atoms with E-state index in [9.17, 15) is 4.79 Å². The molecule has 0 aliphatic heterocycles. The van der Waals surface area contributed by atoms with Gasteiger partial charge in [0.25, 0.3) is 0 Å². The molecule has 0 aliphatic carbocycles. The zero-order chi connectivity index (χ0) is 18.6. The minimum Gasteiger partial charge on any atom is -0.474 e. The number of ether oxygens (including phenoxy) is 2. The molecule has 0 fully saturated rings. The van der Waals surface area contributed by atoms with E-state index >= 15 is 0 Å². The van der Waals surface area contributed by atoms with Crippen molar-refractivity contribution in [2.45, 2.75) is 46.6 Å². The van der Waals surface area contributed by atoms with Crippen molar-refractivity contribution in [2.24, 2.45) is 0 Å². The van der Waals surface area contributed by atoms with Crippen LogP contribution in [0.5, 0.6) is 5.88 Å². The van der Waals surface area contributed by atoms with Crippen molar-refractivity contribution < 1.29 is 14.3 Å². The summed E-state index contributed by atoms with van der Waals surface area (Å²) in [4.78, 5) is 21.6. The van der Waals surface area contributed by atoms with Gasteiger partial charge in [-0.05, 0) is 51.0 Å². The van der Waals surface area contributed by atoms with E-state index in [4.69, 9.17) is 21.1 Å². The van der Waals surface area contributed by atoms with E-state index in [1.54, 1.807) is 19.1 Å². The molecule has 0 N–H and O–H groups in total. The van der Waals surface area contributed by atoms with Crippen LogP contribution in [-0.2, 0) is 4.74 Å². The smallest absolute Gasteiger partial charge is 0.345 e. The Morgan fingerprint density at radius 1 is 1.12 bits per heavy atom. The monoisotopic (exact) mass is 362 g/mol. The maximum atomic E-state index is 12.5. The fourth-order valence-electron chi connectivity index (χ4n) is 2.31. The van der Waals surface area contributed by atoms with Crippen molar-refractivity contribution in [3.05, 3.63) is 40.5 Å². The molecule has 6 heteroatoms. The Morgan fingerprint density at radius 3 is 2.28 bits per heavy atom. The predicted octanol–water partition coefficient (Wildman–Crippen LogP) is 4.88. The molecule has 134 valence electrons. The highest BCUT2D eigenvalue weighted by Crippen LogP contribution is 2.30. The Morgan fingerprint density at radius 2 is 1.76 bits per heavy atom. The first-order valence-corrected chi connectivity index (χ1v) is 8.72. The minimum atomic E-state index is -0.468. The lowest BCUT2D eigenvalue weighted by Gasteiger charge is -2.18. The highest BCUT2D eigenvalue weighted by atomic mass is 35.5. The molecule has 5 nitrogen and oxygen atoms in total. The van der Waals surface area contributed by atoms with Gasteiger partial charge >= 0.3 is 5.97 Å². The Balaban J connectivity index is 2.66. The second-order valence-electron chi connectivity index (χ2n) is 6.16. The summed E-state index contributed by atoms with van der Waals surface area (Å²) in [6.45, 7) is 9.74. The number of halogens is 1. The zero-order valence-corrected chi connectivity index (χ0v) is 15.9. The number of esters is 1. The molecule has 0 radical (unpaired) electrons. The average molecular weight is 363 g/mol. The molecule has 0 saturated carbocycles. The first-order valence-electron chi connectivity index (χ1n) is 8.35. The number of aromatic nitrogens is 2. The van der Waals surface area contributed by atoms with Gasteiger partial charge in [-0.2, -0.15) is 4.98 Å². The lowest BCUT2D eigenvalue weighted by Crippen LogP contribution is -2.18. The molecule has 2 aromatic rings. The second kappa shape index (κ2) is 8.30. The molecule has 0 saturated heterocycles. The molecule has 25 heavy (non-hydrogen) atoms. The Hall–Kier alpha value is -2.14. The van der Waals surface area contributed by atoms with Gasteiger partial charge in [0.15, 0.2) is 5.82 Å². The number of carbonyl (C=O) groups excluding carboxylic acids is 1. The summed E-state index contributed by atoms with van der Waals surface area (Å²) in [6, 6.07) is 7.23. The van der Waals surface area contributed by atoms with E-state index < -0.39 is 5.97 Å². The molecule has 0 aliphatic rings. The SMILES string of the molecule is CCOC(=O)c1c(OC(C)C)nc(-c2ccc(Cl)cc2)nc1C(C)C. The van der Waals surface area contributed by atoms with Gasteiger partial charge in [0.2, 0.25) is 5.88 Å². The quantitative estimate of drug-likeness (QED) is 0.685. The van der Waals surface area contributed by atoms with Crippen LogP contribution in [0, 0.1) is 0 Å². The highest BCUT2D eigenvalue weighted by molar-refractivity contribution is 6.30. The third-order valence-electron chi connectivity index (χ3n) is 3.38. The molecular weight excluding hydrogens is 340 g/mol. The fraction of sp³-hybridized carbons (Fsp3) is 0.421. The van der Waals surface area contributed by atoms with Crippen molar-refractivity contribution in [3.8, 4) is 17.3 Å². The molecule has 1 aromatic carbocycles. The third kappa shape index (κ3) is 4.69. The summed E-state index contributed by atoms with van der Waals surface area (Å²) in [5.41, 5.74) is 1.70. The van der Waals surface area contributed by atoms with E-state index in [2.05, 4.69) is 9.97 Å². The number of benzene rings is 1. The zero-order valence-electron chi connectivity index (χ0n) is 15.2. The van der Waals surface area contributed by atoms with Crippen LogP contribution < -0.4 is 4.74 Å². The van der Waals surface area contributed by atoms with Gasteiger partial charge in [0.05, 0.1) is 18.4 Å². The van der Waals surface area contributed by atoms with E-state index in [-0.39, 0.29) is 24.5 Å². The summed E-state index contributed by atoms with van der Waals surface area (Å²) in [5, 5.41) is 0.634. The molecule has 0 unspecified atom stereocenters. The molecule has 1 heterocycles. The summed E-state index contributed by atoms with van der Waals surface area (Å²) >= 11 is 5.96. The van der Waals surface area contributed by atoms with Crippen molar-refractivity contribution in [3.63, 3.8) is 0 Å². The van der Waals surface area contributed by atoms with Gasteiger partial charge in [0, 0.05) is 10.6 Å². The topological polar surface area (TPSA) is 61.3 Å². The van der Waals surface area contributed by atoms with Gasteiger partial charge in [0.1, 0.15) is 5.56 Å². The van der Waals surface area contributed by atoms with Crippen LogP contribution in [0.3, 0.4) is 0 Å². The molecule has 0 atom stereocenters. The van der Waals surface area contributed by atoms with Crippen LogP contribution in [0.15, 0.2) is 24.3 Å². The standard InChI is InChI=1S/C19H23ClN2O3/c1-6-24-19(23)15-16(11(2)3)21-17(22-18(15)25-12(4)5)13-7-9-14(20)10-8-13/h7-12H,6H2,1-5H3. The molecule has 0 bridgehead atoms. The van der Waals surface area contributed by atoms with E-state index in [1.165, 1.54) is 0 Å². The van der Waals surface area contributed by atoms with Crippen molar-refractivity contribution in [1.82, 2.24) is 9.97 Å². The largest absolute Gasteiger partial charge is 0.474 e. The fourth-order valence-corrected chi connectivity index (χ4v) is 2.43. The number of rotatable bonds is 6. The first kappa shape index (κ1) is 19.2. The third-order valence-corrected chi connectivity index (χ3v) is 3.63. The van der Waals surface area contributed by atoms with Gasteiger partial charge in [-0.25, -0.2) is 9.78 Å². The Kier molecular flexibility index (Phi) is 6.37. The average Bonchev–Trinajstić information content (AvgIpc) is 2.54. The number of nitrogens with zero attached hydrogens (tertiary/aromatic N) is 2. The van der Waals surface area contributed by atoms with Crippen LogP contribution in [0.1, 0.15) is 56.6 Å². The number of hydrogen-bond donors (Lipinski definition) is 0. The van der Waals surface area contributed by atoms with Crippen LogP contribution >= 0.6 is 11.6 Å². The van der Waals surface area contributed by atoms with E-state index in [1.807, 2.05) is 39.8 Å². The van der Waals surface area contributed by atoms with Crippen molar-refractivity contribution >= 4 is 17.6 Å². The lowest BCUT2D eigenvalue weighted by atomic mass is 10.0. The van der Waals surface area contributed by atoms with E-state index in [0.717, 1.165) is 5.56 Å². The molecular formula is C19H23ClN2O3. The predicted molar refractivity (Wildman–Crippen MR) is 98.3 cm³/mol. The van der Waals surface area contributed by atoms with Crippen LogP contribution in [0.2, 0.25) is 5.02 Å². The van der Waals surface area contributed by atoms with Crippen LogP contribution in [0.25, 0.3) is 11.4 Å². The summed E-state index contributed by atoms with van der Waals surface area (Å²) in [6.07, 6.45) is -0.138. The Bertz CT molecular complexity index is 743. The number of carbonyl (C=O) groups is 1. The number of hydrogen-bond acceptors (Lipinski definition) is 5.